The molecule has 1 heterocycles. The first-order chi connectivity index (χ1) is 8.96. The van der Waals surface area contributed by atoms with E-state index >= 15 is 0 Å². The van der Waals surface area contributed by atoms with Crippen molar-refractivity contribution in [3.63, 3.8) is 0 Å². The van der Waals surface area contributed by atoms with Gasteiger partial charge in [-0.2, -0.15) is 0 Å². The van der Waals surface area contributed by atoms with Gasteiger partial charge in [-0.1, -0.05) is 35.7 Å². The van der Waals surface area contributed by atoms with Crippen LogP contribution in [0.2, 0.25) is 0 Å². The van der Waals surface area contributed by atoms with E-state index in [-0.39, 0.29) is 11.4 Å². The molecule has 106 valence electrons. The van der Waals surface area contributed by atoms with Gasteiger partial charge in [0.2, 0.25) is 0 Å². The number of aryl methyl sites for hydroxylation is 2. The largest absolute Gasteiger partial charge is 0.345 e. The summed E-state index contributed by atoms with van der Waals surface area (Å²) >= 11 is 5.20. The van der Waals surface area contributed by atoms with Crippen LogP contribution in [0.4, 0.5) is 0 Å². The number of carbonyl (C=O) groups excluding carboxylic acids is 1. The number of halogens is 1. The second-order valence-corrected chi connectivity index (χ2v) is 7.74. The van der Waals surface area contributed by atoms with Gasteiger partial charge in [0.05, 0.1) is 10.4 Å². The highest BCUT2D eigenvalue weighted by molar-refractivity contribution is 9.09. The summed E-state index contributed by atoms with van der Waals surface area (Å²) in [6.45, 7) is 6.41. The number of nitrogens with one attached hydrogen (secondary N) is 1. The second-order valence-electron chi connectivity index (χ2n) is 5.92. The van der Waals surface area contributed by atoms with E-state index in [4.69, 9.17) is 0 Å². The smallest absolute Gasteiger partial charge is 0.261 e. The molecule has 1 aromatic rings. The molecule has 1 aliphatic rings. The highest BCUT2D eigenvalue weighted by Gasteiger charge is 2.35. The summed E-state index contributed by atoms with van der Waals surface area (Å²) in [5, 5.41) is 4.14. The molecule has 0 bridgehead atoms. The fourth-order valence-electron chi connectivity index (χ4n) is 2.92. The molecule has 0 saturated heterocycles. The Labute approximate surface area is 128 Å². The van der Waals surface area contributed by atoms with E-state index in [1.165, 1.54) is 23.3 Å². The topological polar surface area (TPSA) is 29.1 Å². The van der Waals surface area contributed by atoms with E-state index in [1.54, 1.807) is 11.3 Å². The quantitative estimate of drug-likeness (QED) is 0.807. The summed E-state index contributed by atoms with van der Waals surface area (Å²) in [5.74, 6) is 0.785. The third kappa shape index (κ3) is 3.40. The first kappa shape index (κ1) is 15.0. The van der Waals surface area contributed by atoms with Crippen molar-refractivity contribution in [2.24, 2.45) is 5.92 Å². The molecule has 1 amide bonds. The molecule has 2 rings (SSSR count). The maximum Gasteiger partial charge on any atom is 0.261 e. The first-order valence-electron chi connectivity index (χ1n) is 6.91. The molecule has 1 fully saturated rings. The van der Waals surface area contributed by atoms with E-state index in [9.17, 15) is 4.79 Å². The third-order valence-corrected chi connectivity index (χ3v) is 6.34. The van der Waals surface area contributed by atoms with Gasteiger partial charge in [-0.3, -0.25) is 4.79 Å². The van der Waals surface area contributed by atoms with Crippen LogP contribution < -0.4 is 5.32 Å². The normalized spacial score (nSPS) is 27.3. The standard InChI is InChI=1S/C15H22BrNOS/c1-10-5-4-6-15(8-10,9-16)17-14(18)13-7-11(2)12(3)19-13/h7,10H,4-6,8-9H2,1-3H3,(H,17,18). The molecule has 0 radical (unpaired) electrons. The van der Waals surface area contributed by atoms with Gasteiger partial charge in [0.25, 0.3) is 5.91 Å². The number of alkyl halides is 1. The molecular weight excluding hydrogens is 322 g/mol. The van der Waals surface area contributed by atoms with Gasteiger partial charge in [-0.05, 0) is 44.2 Å². The predicted molar refractivity (Wildman–Crippen MR) is 85.4 cm³/mol. The van der Waals surface area contributed by atoms with Crippen LogP contribution in [-0.2, 0) is 0 Å². The zero-order valence-corrected chi connectivity index (χ0v) is 14.3. The van der Waals surface area contributed by atoms with Gasteiger partial charge >= 0.3 is 0 Å². The number of carbonyl (C=O) groups is 1. The summed E-state index contributed by atoms with van der Waals surface area (Å²) in [7, 11) is 0. The van der Waals surface area contributed by atoms with Crippen molar-refractivity contribution in [3.05, 3.63) is 21.4 Å². The molecule has 2 unspecified atom stereocenters. The van der Waals surface area contributed by atoms with Crippen molar-refractivity contribution >= 4 is 33.2 Å². The Morgan fingerprint density at radius 1 is 1.58 bits per heavy atom. The average molecular weight is 344 g/mol. The lowest BCUT2D eigenvalue weighted by Crippen LogP contribution is -2.52. The van der Waals surface area contributed by atoms with Crippen LogP contribution in [0.5, 0.6) is 0 Å². The molecule has 4 heteroatoms. The van der Waals surface area contributed by atoms with Gasteiger partial charge in [0.1, 0.15) is 0 Å². The highest BCUT2D eigenvalue weighted by atomic mass is 79.9. The van der Waals surface area contributed by atoms with Crippen LogP contribution in [0.1, 0.15) is 52.7 Å². The Morgan fingerprint density at radius 3 is 2.84 bits per heavy atom. The van der Waals surface area contributed by atoms with Crippen LogP contribution in [0.25, 0.3) is 0 Å². The number of amides is 1. The molecule has 1 saturated carbocycles. The number of hydrogen-bond donors (Lipinski definition) is 1. The lowest BCUT2D eigenvalue weighted by molar-refractivity contribution is 0.0873. The van der Waals surface area contributed by atoms with Crippen molar-refractivity contribution in [3.8, 4) is 0 Å². The highest BCUT2D eigenvalue weighted by Crippen LogP contribution is 2.34. The summed E-state index contributed by atoms with van der Waals surface area (Å²) in [6.07, 6.45) is 4.64. The predicted octanol–water partition coefficient (Wildman–Crippen LogP) is 4.44. The lowest BCUT2D eigenvalue weighted by Gasteiger charge is -2.39. The monoisotopic (exact) mass is 343 g/mol. The van der Waals surface area contributed by atoms with Gasteiger partial charge in [-0.25, -0.2) is 0 Å². The first-order valence-corrected chi connectivity index (χ1v) is 8.85. The molecule has 0 aliphatic heterocycles. The zero-order valence-electron chi connectivity index (χ0n) is 11.9. The molecular formula is C15H22BrNOS. The van der Waals surface area contributed by atoms with E-state index in [2.05, 4.69) is 42.0 Å². The Bertz CT molecular complexity index is 451. The molecule has 2 nitrogen and oxygen atoms in total. The van der Waals surface area contributed by atoms with E-state index in [0.717, 1.165) is 23.0 Å². The third-order valence-electron chi connectivity index (χ3n) is 4.12. The SMILES string of the molecule is Cc1cc(C(=O)NC2(CBr)CCCC(C)C2)sc1C. The van der Waals surface area contributed by atoms with Crippen LogP contribution >= 0.6 is 27.3 Å². The average Bonchev–Trinajstić information content (AvgIpc) is 2.70. The Morgan fingerprint density at radius 2 is 2.32 bits per heavy atom. The fraction of sp³-hybridized carbons (Fsp3) is 0.667. The minimum absolute atomic E-state index is 0.0550. The Balaban J connectivity index is 2.11. The molecule has 1 N–H and O–H groups in total. The van der Waals surface area contributed by atoms with Crippen LogP contribution in [0.15, 0.2) is 6.07 Å². The summed E-state index contributed by atoms with van der Waals surface area (Å²) in [4.78, 5) is 14.5. The molecule has 2 atom stereocenters. The Kier molecular flexibility index (Phi) is 4.72. The minimum atomic E-state index is -0.0550. The summed E-state index contributed by atoms with van der Waals surface area (Å²) < 4.78 is 0. The van der Waals surface area contributed by atoms with Crippen molar-refractivity contribution in [2.75, 3.05) is 5.33 Å². The van der Waals surface area contributed by atoms with Gasteiger partial charge < -0.3 is 5.32 Å². The van der Waals surface area contributed by atoms with Crippen molar-refractivity contribution in [1.82, 2.24) is 5.32 Å². The summed E-state index contributed by atoms with van der Waals surface area (Å²) in [5.41, 5.74) is 1.15. The van der Waals surface area contributed by atoms with Gasteiger partial charge in [0.15, 0.2) is 0 Å². The van der Waals surface area contributed by atoms with Crippen molar-refractivity contribution < 1.29 is 4.79 Å². The second kappa shape index (κ2) is 5.96. The number of thiophene rings is 1. The van der Waals surface area contributed by atoms with Crippen molar-refractivity contribution in [2.45, 2.75) is 52.0 Å². The van der Waals surface area contributed by atoms with Crippen LogP contribution in [0.3, 0.4) is 0 Å². The van der Waals surface area contributed by atoms with E-state index in [1.807, 2.05) is 6.07 Å². The minimum Gasteiger partial charge on any atom is -0.345 e. The molecule has 0 spiro atoms. The maximum absolute atomic E-state index is 12.4. The van der Waals surface area contributed by atoms with Gasteiger partial charge in [-0.15, -0.1) is 11.3 Å². The van der Waals surface area contributed by atoms with Crippen LogP contribution in [-0.4, -0.2) is 16.8 Å². The molecule has 0 aromatic carbocycles. The molecule has 1 aliphatic carbocycles. The van der Waals surface area contributed by atoms with Gasteiger partial charge in [0, 0.05) is 10.2 Å². The maximum atomic E-state index is 12.4. The number of rotatable bonds is 3. The fourth-order valence-corrected chi connectivity index (χ4v) is 4.49. The summed E-state index contributed by atoms with van der Waals surface area (Å²) in [6, 6.07) is 2.00. The Hall–Kier alpha value is -0.350. The van der Waals surface area contributed by atoms with E-state index < -0.39 is 0 Å². The molecule has 19 heavy (non-hydrogen) atoms. The molecule has 1 aromatic heterocycles. The van der Waals surface area contributed by atoms with E-state index in [0.29, 0.717) is 5.92 Å². The zero-order chi connectivity index (χ0) is 14.0. The number of hydrogen-bond acceptors (Lipinski definition) is 2. The lowest BCUT2D eigenvalue weighted by atomic mass is 9.77. The van der Waals surface area contributed by atoms with Crippen molar-refractivity contribution in [1.29, 1.82) is 0 Å². The van der Waals surface area contributed by atoms with Crippen LogP contribution in [0, 0.1) is 19.8 Å².